The van der Waals surface area contributed by atoms with E-state index < -0.39 is 41.6 Å². The van der Waals surface area contributed by atoms with Crippen LogP contribution >= 0.6 is 0 Å². The molecule has 0 atom stereocenters. The monoisotopic (exact) mass is 636 g/mol. The van der Waals surface area contributed by atoms with Crippen LogP contribution in [-0.2, 0) is 36.5 Å². The highest BCUT2D eigenvalue weighted by atomic mass is 19.4. The van der Waals surface area contributed by atoms with E-state index in [-0.39, 0.29) is 11.6 Å². The van der Waals surface area contributed by atoms with Crippen molar-refractivity contribution in [3.63, 3.8) is 0 Å². The van der Waals surface area contributed by atoms with E-state index >= 15 is 0 Å². The zero-order valence-corrected chi connectivity index (χ0v) is 24.2. The van der Waals surface area contributed by atoms with E-state index in [1.54, 1.807) is 18.2 Å². The number of fused-ring (bicyclic) bond motifs is 4. The first-order valence-electron chi connectivity index (χ1n) is 14.8. The summed E-state index contributed by atoms with van der Waals surface area (Å²) >= 11 is 0. The smallest absolute Gasteiger partial charge is 0.416 e. The summed E-state index contributed by atoms with van der Waals surface area (Å²) in [5, 5.41) is 5.00. The molecule has 0 unspecified atom stereocenters. The third-order valence-corrected chi connectivity index (χ3v) is 8.40. The van der Waals surface area contributed by atoms with Gasteiger partial charge in [0.25, 0.3) is 0 Å². The lowest BCUT2D eigenvalue weighted by Gasteiger charge is -2.27. The third-order valence-electron chi connectivity index (χ3n) is 8.40. The molecule has 0 radical (unpaired) electrons. The Morgan fingerprint density at radius 3 is 2.33 bits per heavy atom. The summed E-state index contributed by atoms with van der Waals surface area (Å²) < 4.78 is 92.3. The number of esters is 1. The number of nitrogens with one attached hydrogen (secondary N) is 1. The van der Waals surface area contributed by atoms with Gasteiger partial charge in [-0.25, -0.2) is 4.79 Å². The van der Waals surface area contributed by atoms with Crippen LogP contribution in [0.15, 0.2) is 71.7 Å². The van der Waals surface area contributed by atoms with Crippen LogP contribution in [0.4, 0.5) is 32.0 Å². The Morgan fingerprint density at radius 1 is 0.826 bits per heavy atom. The molecule has 46 heavy (non-hydrogen) atoms. The van der Waals surface area contributed by atoms with Crippen molar-refractivity contribution < 1.29 is 40.6 Å². The molecule has 0 spiro atoms. The van der Waals surface area contributed by atoms with E-state index in [9.17, 15) is 31.1 Å². The number of halogens is 6. The van der Waals surface area contributed by atoms with Crippen LogP contribution in [0.3, 0.4) is 0 Å². The molecule has 0 amide bonds. The SMILES string of the molecule is O=C(OCc1cc(C(F)(F)F)cc(C(F)(F)F)c1)c1ccccc1C1=c2cc3c(cc2Oc2cc4c(cc21)CCCN4)=NCCC3. The lowest BCUT2D eigenvalue weighted by molar-refractivity contribution is -0.143. The van der Waals surface area contributed by atoms with Gasteiger partial charge in [-0.1, -0.05) is 18.2 Å². The topological polar surface area (TPSA) is 59.9 Å². The van der Waals surface area contributed by atoms with Crippen molar-refractivity contribution in [1.82, 2.24) is 0 Å². The molecule has 0 saturated heterocycles. The van der Waals surface area contributed by atoms with Gasteiger partial charge in [-0.2, -0.15) is 26.3 Å². The van der Waals surface area contributed by atoms with Crippen LogP contribution < -0.4 is 20.6 Å². The summed E-state index contributed by atoms with van der Waals surface area (Å²) in [4.78, 5) is 18.2. The Morgan fingerprint density at radius 2 is 1.57 bits per heavy atom. The first kappa shape index (κ1) is 29.9. The van der Waals surface area contributed by atoms with Gasteiger partial charge in [0, 0.05) is 47.3 Å². The summed E-state index contributed by atoms with van der Waals surface area (Å²) in [6.45, 7) is 0.748. The largest absolute Gasteiger partial charge is 0.457 e. The molecule has 4 aromatic rings. The molecule has 0 aliphatic carbocycles. The predicted octanol–water partition coefficient (Wildman–Crippen LogP) is 7.36. The Bertz CT molecular complexity index is 1980. The van der Waals surface area contributed by atoms with E-state index in [1.165, 1.54) is 6.07 Å². The third kappa shape index (κ3) is 5.59. The van der Waals surface area contributed by atoms with Crippen molar-refractivity contribution in [2.24, 2.45) is 4.99 Å². The minimum Gasteiger partial charge on any atom is -0.457 e. The second-order valence-electron chi connectivity index (χ2n) is 11.5. The van der Waals surface area contributed by atoms with Gasteiger partial charge in [0.05, 0.1) is 22.0 Å². The maximum Gasteiger partial charge on any atom is 0.416 e. The fourth-order valence-corrected chi connectivity index (χ4v) is 6.25. The Labute approximate surface area is 259 Å². The van der Waals surface area contributed by atoms with Gasteiger partial charge in [-0.05, 0) is 84.3 Å². The van der Waals surface area contributed by atoms with Crippen LogP contribution in [0, 0.1) is 0 Å². The molecule has 3 heterocycles. The van der Waals surface area contributed by atoms with Crippen molar-refractivity contribution in [3.05, 3.63) is 122 Å². The fraction of sp³-hybridized carbons (Fsp3) is 0.257. The van der Waals surface area contributed by atoms with E-state index in [4.69, 9.17) is 9.47 Å². The number of ether oxygens (including phenoxy) is 2. The first-order chi connectivity index (χ1) is 22.0. The number of carbonyl (C=O) groups is 1. The molecule has 7 rings (SSSR count). The first-order valence-corrected chi connectivity index (χ1v) is 14.8. The molecule has 1 N–H and O–H groups in total. The number of hydrogen-bond donors (Lipinski definition) is 1. The zero-order valence-electron chi connectivity index (χ0n) is 24.2. The number of carbonyl (C=O) groups excluding carboxylic acids is 1. The highest BCUT2D eigenvalue weighted by Gasteiger charge is 2.37. The van der Waals surface area contributed by atoms with E-state index in [1.807, 2.05) is 24.3 Å². The molecule has 236 valence electrons. The highest BCUT2D eigenvalue weighted by Crippen LogP contribution is 2.42. The van der Waals surface area contributed by atoms with E-state index in [2.05, 4.69) is 10.3 Å². The number of nitrogens with zero attached hydrogens (tertiary/aromatic N) is 1. The number of benzene rings is 4. The number of rotatable bonds is 4. The van der Waals surface area contributed by atoms with Gasteiger partial charge in [0.1, 0.15) is 18.1 Å². The number of aryl methyl sites for hydroxylation is 2. The molecular formula is C35H26F6N2O3. The van der Waals surface area contributed by atoms with Crippen molar-refractivity contribution in [1.29, 1.82) is 0 Å². The van der Waals surface area contributed by atoms with Gasteiger partial charge >= 0.3 is 18.3 Å². The average Bonchev–Trinajstić information content (AvgIpc) is 3.03. The van der Waals surface area contributed by atoms with Crippen molar-refractivity contribution in [2.75, 3.05) is 18.4 Å². The second-order valence-corrected chi connectivity index (χ2v) is 11.5. The summed E-state index contributed by atoms with van der Waals surface area (Å²) in [5.41, 5.74) is 1.78. The summed E-state index contributed by atoms with van der Waals surface area (Å²) in [5.74, 6) is 0.254. The normalized spacial score (nSPS) is 15.3. The van der Waals surface area contributed by atoms with Crippen LogP contribution in [0.25, 0.3) is 5.57 Å². The standard InChI is InChI=1S/C35H26F6N2O3/c36-34(37,38)22-11-19(12-23(15-22)35(39,40)41)18-45-33(44)25-8-2-1-7-24(25)32-26-13-20-5-3-9-42-28(20)16-30(26)46-31-17-29-21(14-27(31)32)6-4-10-43-29/h1-2,7-8,11-17,42H,3-6,9-10,18H2. The Balaban J connectivity index is 1.33. The van der Waals surface area contributed by atoms with Gasteiger partial charge < -0.3 is 14.8 Å². The minimum absolute atomic E-state index is 0.0392. The van der Waals surface area contributed by atoms with Crippen molar-refractivity contribution in [2.45, 2.75) is 44.6 Å². The van der Waals surface area contributed by atoms with E-state index in [0.29, 0.717) is 41.3 Å². The molecular weight excluding hydrogens is 610 g/mol. The molecule has 11 heteroatoms. The summed E-state index contributed by atoms with van der Waals surface area (Å²) in [6.07, 6.45) is -6.53. The molecule has 0 saturated carbocycles. The van der Waals surface area contributed by atoms with Crippen LogP contribution in [0.5, 0.6) is 11.5 Å². The molecule has 5 nitrogen and oxygen atoms in total. The molecule has 4 aromatic carbocycles. The van der Waals surface area contributed by atoms with Gasteiger partial charge in [-0.15, -0.1) is 0 Å². The van der Waals surface area contributed by atoms with Gasteiger partial charge in [0.2, 0.25) is 0 Å². The Kier molecular flexibility index (Phi) is 7.29. The molecule has 0 bridgehead atoms. The summed E-state index contributed by atoms with van der Waals surface area (Å²) in [6, 6.07) is 15.7. The van der Waals surface area contributed by atoms with Crippen molar-refractivity contribution in [3.8, 4) is 11.5 Å². The average molecular weight is 637 g/mol. The van der Waals surface area contributed by atoms with Crippen LogP contribution in [0.2, 0.25) is 0 Å². The molecule has 3 aliphatic heterocycles. The quantitative estimate of drug-likeness (QED) is 0.166. The van der Waals surface area contributed by atoms with Gasteiger partial charge in [0.15, 0.2) is 0 Å². The maximum atomic E-state index is 13.6. The van der Waals surface area contributed by atoms with Crippen LogP contribution in [0.1, 0.15) is 62.1 Å². The number of anilines is 1. The lowest BCUT2D eigenvalue weighted by atomic mass is 9.87. The molecule has 0 aromatic heterocycles. The second kappa shape index (κ2) is 11.2. The highest BCUT2D eigenvalue weighted by molar-refractivity contribution is 5.99. The predicted molar refractivity (Wildman–Crippen MR) is 157 cm³/mol. The number of hydrogen-bond acceptors (Lipinski definition) is 5. The van der Waals surface area contributed by atoms with Gasteiger partial charge in [-0.3, -0.25) is 4.99 Å². The molecule has 3 aliphatic rings. The maximum absolute atomic E-state index is 13.6. The fourth-order valence-electron chi connectivity index (χ4n) is 6.25. The van der Waals surface area contributed by atoms with E-state index in [0.717, 1.165) is 65.2 Å². The number of alkyl halides is 6. The Hall–Kier alpha value is -4.80. The lowest BCUT2D eigenvalue weighted by Crippen LogP contribution is -2.26. The molecule has 0 fully saturated rings. The van der Waals surface area contributed by atoms with Crippen LogP contribution in [-0.4, -0.2) is 19.1 Å². The minimum atomic E-state index is -5.02. The van der Waals surface area contributed by atoms with Crippen molar-refractivity contribution >= 4 is 17.2 Å². The zero-order chi connectivity index (χ0) is 32.2. The summed E-state index contributed by atoms with van der Waals surface area (Å²) in [7, 11) is 0.